The first kappa shape index (κ1) is 15.0. The van der Waals surface area contributed by atoms with Crippen molar-refractivity contribution in [2.45, 2.75) is 18.7 Å². The number of halogens is 2. The number of anilines is 1. The molecule has 0 fully saturated rings. The Morgan fingerprint density at radius 2 is 1.75 bits per heavy atom. The first-order chi connectivity index (χ1) is 9.29. The van der Waals surface area contributed by atoms with Crippen LogP contribution in [0.25, 0.3) is 0 Å². The molecule has 20 heavy (non-hydrogen) atoms. The van der Waals surface area contributed by atoms with Gasteiger partial charge in [-0.3, -0.25) is 4.72 Å². The molecule has 0 spiro atoms. The molecule has 0 atom stereocenters. The predicted octanol–water partition coefficient (Wildman–Crippen LogP) is 4.01. The average Bonchev–Trinajstić information content (AvgIpc) is 2.33. The topological polar surface area (TPSA) is 46.2 Å². The van der Waals surface area contributed by atoms with Gasteiger partial charge in [-0.2, -0.15) is 0 Å². The van der Waals surface area contributed by atoms with Crippen LogP contribution in [-0.2, 0) is 10.0 Å². The van der Waals surface area contributed by atoms with E-state index in [0.717, 1.165) is 16.1 Å². The molecule has 0 heterocycles. The molecule has 2 rings (SSSR count). The lowest BCUT2D eigenvalue weighted by molar-refractivity contribution is 0.598. The van der Waals surface area contributed by atoms with Crippen LogP contribution in [0, 0.1) is 19.7 Å². The summed E-state index contributed by atoms with van der Waals surface area (Å²) in [5.74, 6) is -0.459. The molecule has 0 bridgehead atoms. The van der Waals surface area contributed by atoms with Crippen LogP contribution in [-0.4, -0.2) is 8.42 Å². The minimum atomic E-state index is -3.73. The molecule has 106 valence electrons. The summed E-state index contributed by atoms with van der Waals surface area (Å²) >= 11 is 3.35. The molecule has 0 aliphatic heterocycles. The minimum absolute atomic E-state index is 0.0654. The van der Waals surface area contributed by atoms with E-state index < -0.39 is 15.8 Å². The summed E-state index contributed by atoms with van der Waals surface area (Å²) in [4.78, 5) is 0.0654. The second-order valence-corrected chi connectivity index (χ2v) is 6.98. The van der Waals surface area contributed by atoms with Crippen LogP contribution < -0.4 is 4.72 Å². The molecule has 0 aliphatic carbocycles. The molecule has 0 amide bonds. The fourth-order valence-electron chi connectivity index (χ4n) is 1.78. The lowest BCUT2D eigenvalue weighted by Gasteiger charge is -2.11. The van der Waals surface area contributed by atoms with Gasteiger partial charge in [0.05, 0.1) is 4.90 Å². The van der Waals surface area contributed by atoms with E-state index in [1.807, 2.05) is 6.92 Å². The van der Waals surface area contributed by atoms with E-state index in [0.29, 0.717) is 11.3 Å². The molecule has 6 heteroatoms. The second-order valence-electron chi connectivity index (χ2n) is 4.48. The first-order valence-corrected chi connectivity index (χ1v) is 8.12. The van der Waals surface area contributed by atoms with Crippen molar-refractivity contribution in [3.63, 3.8) is 0 Å². The SMILES string of the molecule is Cc1ccc(NS(=O)(=O)c2ccc(F)cc2C)cc1Br. The molecular formula is C14H13BrFNO2S. The van der Waals surface area contributed by atoms with Crippen LogP contribution in [0.5, 0.6) is 0 Å². The van der Waals surface area contributed by atoms with Gasteiger partial charge in [0.1, 0.15) is 5.82 Å². The number of nitrogens with one attached hydrogen (secondary N) is 1. The highest BCUT2D eigenvalue weighted by molar-refractivity contribution is 9.10. The number of rotatable bonds is 3. The second kappa shape index (κ2) is 5.54. The molecule has 1 N–H and O–H groups in total. The van der Waals surface area contributed by atoms with E-state index >= 15 is 0 Å². The van der Waals surface area contributed by atoms with Crippen molar-refractivity contribution in [3.8, 4) is 0 Å². The smallest absolute Gasteiger partial charge is 0.262 e. The number of sulfonamides is 1. The van der Waals surface area contributed by atoms with Gasteiger partial charge >= 0.3 is 0 Å². The molecule has 0 unspecified atom stereocenters. The standard InChI is InChI=1S/C14H13BrFNO2S/c1-9-3-5-12(8-13(9)15)17-20(18,19)14-6-4-11(16)7-10(14)2/h3-8,17H,1-2H3. The highest BCUT2D eigenvalue weighted by Crippen LogP contribution is 2.24. The molecule has 2 aromatic rings. The molecule has 0 saturated heterocycles. The van der Waals surface area contributed by atoms with Crippen molar-refractivity contribution >= 4 is 31.6 Å². The Hall–Kier alpha value is -1.40. The van der Waals surface area contributed by atoms with E-state index in [4.69, 9.17) is 0 Å². The highest BCUT2D eigenvalue weighted by atomic mass is 79.9. The molecule has 0 aromatic heterocycles. The van der Waals surface area contributed by atoms with Crippen molar-refractivity contribution in [1.29, 1.82) is 0 Å². The van der Waals surface area contributed by atoms with E-state index in [1.165, 1.54) is 12.1 Å². The Kier molecular flexibility index (Phi) is 4.15. The maximum Gasteiger partial charge on any atom is 0.262 e. The van der Waals surface area contributed by atoms with E-state index in [2.05, 4.69) is 20.7 Å². The summed E-state index contributed by atoms with van der Waals surface area (Å²) < 4.78 is 40.9. The first-order valence-electron chi connectivity index (χ1n) is 5.85. The van der Waals surface area contributed by atoms with Crippen LogP contribution in [0.1, 0.15) is 11.1 Å². The largest absolute Gasteiger partial charge is 0.280 e. The van der Waals surface area contributed by atoms with Crippen molar-refractivity contribution in [1.82, 2.24) is 0 Å². The van der Waals surface area contributed by atoms with Crippen LogP contribution in [0.2, 0.25) is 0 Å². The van der Waals surface area contributed by atoms with Gasteiger partial charge in [-0.05, 0) is 55.3 Å². The fourth-order valence-corrected chi connectivity index (χ4v) is 3.44. The molecule has 2 aromatic carbocycles. The van der Waals surface area contributed by atoms with Gasteiger partial charge in [0.2, 0.25) is 0 Å². The monoisotopic (exact) mass is 357 g/mol. The van der Waals surface area contributed by atoms with Crippen LogP contribution >= 0.6 is 15.9 Å². The van der Waals surface area contributed by atoms with Gasteiger partial charge in [-0.1, -0.05) is 22.0 Å². The average molecular weight is 358 g/mol. The Balaban J connectivity index is 2.38. The third kappa shape index (κ3) is 3.19. The van der Waals surface area contributed by atoms with Crippen molar-refractivity contribution in [3.05, 3.63) is 57.8 Å². The zero-order valence-corrected chi connectivity index (χ0v) is 13.3. The Bertz CT molecular complexity index is 760. The van der Waals surface area contributed by atoms with Gasteiger partial charge in [-0.15, -0.1) is 0 Å². The van der Waals surface area contributed by atoms with Crippen LogP contribution in [0.4, 0.5) is 10.1 Å². The quantitative estimate of drug-likeness (QED) is 0.901. The number of benzene rings is 2. The lowest BCUT2D eigenvalue weighted by atomic mass is 10.2. The summed E-state index contributed by atoms with van der Waals surface area (Å²) in [5, 5.41) is 0. The lowest BCUT2D eigenvalue weighted by Crippen LogP contribution is -2.14. The molecule has 0 saturated carbocycles. The van der Waals surface area contributed by atoms with Crippen molar-refractivity contribution < 1.29 is 12.8 Å². The van der Waals surface area contributed by atoms with Crippen LogP contribution in [0.15, 0.2) is 45.8 Å². The summed E-state index contributed by atoms with van der Waals surface area (Å²) in [6, 6.07) is 8.75. The summed E-state index contributed by atoms with van der Waals surface area (Å²) in [7, 11) is -3.73. The molecule has 0 aliphatic rings. The minimum Gasteiger partial charge on any atom is -0.280 e. The Morgan fingerprint density at radius 1 is 1.05 bits per heavy atom. The van der Waals surface area contributed by atoms with Crippen molar-refractivity contribution in [2.24, 2.45) is 0 Å². The maximum atomic E-state index is 13.0. The highest BCUT2D eigenvalue weighted by Gasteiger charge is 2.17. The summed E-state index contributed by atoms with van der Waals surface area (Å²) in [6.45, 7) is 3.47. The number of hydrogen-bond donors (Lipinski definition) is 1. The number of hydrogen-bond acceptors (Lipinski definition) is 2. The zero-order valence-electron chi connectivity index (χ0n) is 10.9. The molecule has 3 nitrogen and oxygen atoms in total. The Morgan fingerprint density at radius 3 is 2.35 bits per heavy atom. The normalized spacial score (nSPS) is 11.4. The molecule has 0 radical (unpaired) electrons. The summed E-state index contributed by atoms with van der Waals surface area (Å²) in [6.07, 6.45) is 0. The van der Waals surface area contributed by atoms with E-state index in [1.54, 1.807) is 25.1 Å². The zero-order chi connectivity index (χ0) is 14.9. The fraction of sp³-hybridized carbons (Fsp3) is 0.143. The van der Waals surface area contributed by atoms with Crippen LogP contribution in [0.3, 0.4) is 0 Å². The van der Waals surface area contributed by atoms with E-state index in [9.17, 15) is 12.8 Å². The molecular weight excluding hydrogens is 345 g/mol. The van der Waals surface area contributed by atoms with Crippen molar-refractivity contribution in [2.75, 3.05) is 4.72 Å². The third-order valence-electron chi connectivity index (χ3n) is 2.85. The predicted molar refractivity (Wildman–Crippen MR) is 80.8 cm³/mol. The van der Waals surface area contributed by atoms with E-state index in [-0.39, 0.29) is 4.90 Å². The maximum absolute atomic E-state index is 13.0. The van der Waals surface area contributed by atoms with Gasteiger partial charge < -0.3 is 0 Å². The summed E-state index contributed by atoms with van der Waals surface area (Å²) in [5.41, 5.74) is 1.82. The van der Waals surface area contributed by atoms with Gasteiger partial charge in [0.25, 0.3) is 10.0 Å². The number of aryl methyl sites for hydroxylation is 2. The van der Waals surface area contributed by atoms with Gasteiger partial charge in [0, 0.05) is 10.2 Å². The van der Waals surface area contributed by atoms with Gasteiger partial charge in [0.15, 0.2) is 0 Å². The third-order valence-corrected chi connectivity index (χ3v) is 5.25. The Labute approximate surface area is 126 Å². The van der Waals surface area contributed by atoms with Gasteiger partial charge in [-0.25, -0.2) is 12.8 Å².